The third-order valence-electron chi connectivity index (χ3n) is 2.58. The molecule has 0 saturated heterocycles. The maximum atomic E-state index is 13.3. The molecule has 3 heteroatoms. The molecule has 0 aliphatic carbocycles. The third kappa shape index (κ3) is 3.07. The number of halogens is 1. The number of esters is 1. The second-order valence-corrected chi connectivity index (χ2v) is 4.18. The van der Waals surface area contributed by atoms with Crippen LogP contribution in [-0.2, 0) is 4.79 Å². The molecule has 0 N–H and O–H groups in total. The molecular weight excluding hydrogens is 243 g/mol. The monoisotopic (exact) mass is 256 g/mol. The Morgan fingerprint density at radius 2 is 1.84 bits per heavy atom. The molecule has 96 valence electrons. The SMILES string of the molecule is C=C(C)C(=O)Oc1cc(F)ccc1-c1ccccc1. The van der Waals surface area contributed by atoms with E-state index in [-0.39, 0.29) is 11.3 Å². The molecule has 0 atom stereocenters. The van der Waals surface area contributed by atoms with Gasteiger partial charge in [-0.2, -0.15) is 0 Å². The predicted molar refractivity (Wildman–Crippen MR) is 72.3 cm³/mol. The van der Waals surface area contributed by atoms with Gasteiger partial charge >= 0.3 is 5.97 Å². The molecule has 0 amide bonds. The Bertz CT molecular complexity index is 618. The van der Waals surface area contributed by atoms with Gasteiger partial charge in [0, 0.05) is 17.2 Å². The van der Waals surface area contributed by atoms with Crippen molar-refractivity contribution in [1.82, 2.24) is 0 Å². The highest BCUT2D eigenvalue weighted by Crippen LogP contribution is 2.31. The van der Waals surface area contributed by atoms with Gasteiger partial charge in [0.25, 0.3) is 0 Å². The second-order valence-electron chi connectivity index (χ2n) is 4.18. The standard InChI is InChI=1S/C16H13FO2/c1-11(2)16(18)19-15-10-13(17)8-9-14(15)12-6-4-3-5-7-12/h3-10H,1H2,2H3. The van der Waals surface area contributed by atoms with Crippen LogP contribution in [0, 0.1) is 5.82 Å². The van der Waals surface area contributed by atoms with Gasteiger partial charge < -0.3 is 4.74 Å². The van der Waals surface area contributed by atoms with E-state index in [0.29, 0.717) is 5.56 Å². The van der Waals surface area contributed by atoms with Gasteiger partial charge in [0.15, 0.2) is 0 Å². The van der Waals surface area contributed by atoms with E-state index in [9.17, 15) is 9.18 Å². The molecule has 0 aliphatic rings. The molecule has 19 heavy (non-hydrogen) atoms. The summed E-state index contributed by atoms with van der Waals surface area (Å²) in [4.78, 5) is 11.6. The summed E-state index contributed by atoms with van der Waals surface area (Å²) in [6.07, 6.45) is 0. The minimum atomic E-state index is -0.567. The zero-order valence-corrected chi connectivity index (χ0v) is 10.5. The zero-order valence-electron chi connectivity index (χ0n) is 10.5. The summed E-state index contributed by atoms with van der Waals surface area (Å²) in [5.74, 6) is -0.828. The van der Waals surface area contributed by atoms with Crippen LogP contribution in [0.2, 0.25) is 0 Å². The van der Waals surface area contributed by atoms with Gasteiger partial charge in [0.2, 0.25) is 0 Å². The highest BCUT2D eigenvalue weighted by atomic mass is 19.1. The molecule has 0 heterocycles. The van der Waals surface area contributed by atoms with Crippen LogP contribution in [-0.4, -0.2) is 5.97 Å². The number of carbonyl (C=O) groups excluding carboxylic acids is 1. The van der Waals surface area contributed by atoms with E-state index in [0.717, 1.165) is 5.56 Å². The lowest BCUT2D eigenvalue weighted by molar-refractivity contribution is -0.130. The number of benzene rings is 2. The minimum Gasteiger partial charge on any atom is -0.422 e. The fourth-order valence-electron chi connectivity index (χ4n) is 1.62. The van der Waals surface area contributed by atoms with E-state index < -0.39 is 11.8 Å². The van der Waals surface area contributed by atoms with Crippen LogP contribution in [0.5, 0.6) is 5.75 Å². The fraction of sp³-hybridized carbons (Fsp3) is 0.0625. The van der Waals surface area contributed by atoms with E-state index in [1.54, 1.807) is 13.0 Å². The zero-order chi connectivity index (χ0) is 13.8. The fourth-order valence-corrected chi connectivity index (χ4v) is 1.62. The number of hydrogen-bond donors (Lipinski definition) is 0. The average Bonchev–Trinajstić information content (AvgIpc) is 2.39. The number of hydrogen-bond acceptors (Lipinski definition) is 2. The molecule has 0 bridgehead atoms. The Balaban J connectivity index is 2.44. The second kappa shape index (κ2) is 5.48. The summed E-state index contributed by atoms with van der Waals surface area (Å²) >= 11 is 0. The van der Waals surface area contributed by atoms with Crippen LogP contribution in [0.25, 0.3) is 11.1 Å². The van der Waals surface area contributed by atoms with Crippen LogP contribution in [0.15, 0.2) is 60.7 Å². The number of ether oxygens (including phenoxy) is 1. The Morgan fingerprint density at radius 1 is 1.16 bits per heavy atom. The number of rotatable bonds is 3. The Kier molecular flexibility index (Phi) is 3.76. The van der Waals surface area contributed by atoms with E-state index in [4.69, 9.17) is 4.74 Å². The van der Waals surface area contributed by atoms with Crippen molar-refractivity contribution in [3.05, 3.63) is 66.5 Å². The molecule has 0 saturated carbocycles. The molecular formula is C16H13FO2. The van der Waals surface area contributed by atoms with Crippen molar-refractivity contribution in [3.63, 3.8) is 0 Å². The summed E-state index contributed by atoms with van der Waals surface area (Å²) in [7, 11) is 0. The van der Waals surface area contributed by atoms with Crippen LogP contribution in [0.1, 0.15) is 6.92 Å². The highest BCUT2D eigenvalue weighted by Gasteiger charge is 2.12. The van der Waals surface area contributed by atoms with Crippen molar-refractivity contribution in [2.45, 2.75) is 6.92 Å². The first-order chi connectivity index (χ1) is 9.08. The Morgan fingerprint density at radius 3 is 2.47 bits per heavy atom. The Labute approximate surface area is 111 Å². The van der Waals surface area contributed by atoms with E-state index in [1.165, 1.54) is 12.1 Å². The molecule has 0 spiro atoms. The van der Waals surface area contributed by atoms with Crippen LogP contribution in [0.3, 0.4) is 0 Å². The predicted octanol–water partition coefficient (Wildman–Crippen LogP) is 3.97. The van der Waals surface area contributed by atoms with Gasteiger partial charge in [0.1, 0.15) is 11.6 Å². The molecule has 2 rings (SSSR count). The maximum absolute atomic E-state index is 13.3. The van der Waals surface area contributed by atoms with Crippen molar-refractivity contribution in [1.29, 1.82) is 0 Å². The molecule has 2 nitrogen and oxygen atoms in total. The average molecular weight is 256 g/mol. The van der Waals surface area contributed by atoms with Gasteiger partial charge in [-0.3, -0.25) is 0 Å². The molecule has 0 fully saturated rings. The summed E-state index contributed by atoms with van der Waals surface area (Å²) in [6, 6.07) is 13.5. The van der Waals surface area contributed by atoms with Crippen molar-refractivity contribution >= 4 is 5.97 Å². The van der Waals surface area contributed by atoms with Crippen molar-refractivity contribution in [3.8, 4) is 16.9 Å². The normalized spacial score (nSPS) is 10.0. The topological polar surface area (TPSA) is 26.3 Å². The number of carbonyl (C=O) groups is 1. The summed E-state index contributed by atoms with van der Waals surface area (Å²) in [5, 5.41) is 0. The molecule has 2 aromatic rings. The lowest BCUT2D eigenvalue weighted by atomic mass is 10.0. The van der Waals surface area contributed by atoms with Gasteiger partial charge in [-0.1, -0.05) is 36.9 Å². The van der Waals surface area contributed by atoms with Crippen molar-refractivity contribution < 1.29 is 13.9 Å². The lowest BCUT2D eigenvalue weighted by Gasteiger charge is -2.10. The highest BCUT2D eigenvalue weighted by molar-refractivity contribution is 5.90. The minimum absolute atomic E-state index is 0.194. The van der Waals surface area contributed by atoms with Gasteiger partial charge in [0.05, 0.1) is 0 Å². The van der Waals surface area contributed by atoms with Crippen LogP contribution in [0.4, 0.5) is 4.39 Å². The van der Waals surface area contributed by atoms with Crippen LogP contribution >= 0.6 is 0 Å². The van der Waals surface area contributed by atoms with E-state index in [2.05, 4.69) is 6.58 Å². The third-order valence-corrected chi connectivity index (χ3v) is 2.58. The molecule has 0 aliphatic heterocycles. The quantitative estimate of drug-likeness (QED) is 0.472. The van der Waals surface area contributed by atoms with Crippen molar-refractivity contribution in [2.75, 3.05) is 0 Å². The lowest BCUT2D eigenvalue weighted by Crippen LogP contribution is -2.09. The van der Waals surface area contributed by atoms with Crippen molar-refractivity contribution in [2.24, 2.45) is 0 Å². The molecule has 0 aromatic heterocycles. The molecule has 0 radical (unpaired) electrons. The van der Waals surface area contributed by atoms with E-state index in [1.807, 2.05) is 30.3 Å². The summed E-state index contributed by atoms with van der Waals surface area (Å²) < 4.78 is 18.5. The maximum Gasteiger partial charge on any atom is 0.338 e. The molecule has 2 aromatic carbocycles. The van der Waals surface area contributed by atoms with Gasteiger partial charge in [-0.15, -0.1) is 0 Å². The summed E-state index contributed by atoms with van der Waals surface area (Å²) in [6.45, 7) is 5.05. The Hall–Kier alpha value is -2.42. The molecule has 0 unspecified atom stereocenters. The largest absolute Gasteiger partial charge is 0.422 e. The van der Waals surface area contributed by atoms with E-state index >= 15 is 0 Å². The smallest absolute Gasteiger partial charge is 0.338 e. The van der Waals surface area contributed by atoms with Gasteiger partial charge in [-0.05, 0) is 24.6 Å². The summed E-state index contributed by atoms with van der Waals surface area (Å²) in [5.41, 5.74) is 1.78. The van der Waals surface area contributed by atoms with Crippen LogP contribution < -0.4 is 4.74 Å². The first-order valence-corrected chi connectivity index (χ1v) is 5.80. The first kappa shape index (κ1) is 13.0. The van der Waals surface area contributed by atoms with Gasteiger partial charge in [-0.25, -0.2) is 9.18 Å². The first-order valence-electron chi connectivity index (χ1n) is 5.80.